The number of nitrogens with zero attached hydrogens (tertiary/aromatic N) is 1. The first kappa shape index (κ1) is 11.9. The van der Waals surface area contributed by atoms with Gasteiger partial charge in [0.1, 0.15) is 5.82 Å². The number of carbonyl (C=O) groups is 1. The fourth-order valence-corrected chi connectivity index (χ4v) is 2.01. The third-order valence-corrected chi connectivity index (χ3v) is 2.89. The van der Waals surface area contributed by atoms with Gasteiger partial charge in [-0.05, 0) is 18.2 Å². The van der Waals surface area contributed by atoms with Gasteiger partial charge >= 0.3 is 0 Å². The lowest BCUT2D eigenvalue weighted by Crippen LogP contribution is -2.44. The molecule has 1 amide bonds. The quantitative estimate of drug-likeness (QED) is 0.791. The molecule has 92 valence electrons. The molecule has 0 spiro atoms. The highest BCUT2D eigenvalue weighted by atomic mass is 19.1. The maximum atomic E-state index is 13.2. The van der Waals surface area contributed by atoms with Crippen LogP contribution in [0.3, 0.4) is 0 Å². The summed E-state index contributed by atoms with van der Waals surface area (Å²) in [4.78, 5) is 13.8. The van der Waals surface area contributed by atoms with Crippen molar-refractivity contribution < 1.29 is 9.18 Å². The topological polar surface area (TPSA) is 44.4 Å². The van der Waals surface area contributed by atoms with E-state index in [2.05, 4.69) is 15.5 Å². The second-order valence-corrected chi connectivity index (χ2v) is 3.98. The Morgan fingerprint density at radius 1 is 1.41 bits per heavy atom. The summed E-state index contributed by atoms with van der Waals surface area (Å²) in [5, 5.41) is 5.78. The van der Waals surface area contributed by atoms with Gasteiger partial charge in [0.05, 0.1) is 5.56 Å². The van der Waals surface area contributed by atoms with Gasteiger partial charge in [-0.25, -0.2) is 4.39 Å². The Hall–Kier alpha value is -1.62. The standard InChI is InChI=1S/C12H16FN3O/c1-14-12(17)10-8-9(13)2-3-11(10)16-6-4-15-5-7-16/h2-3,8,15H,4-7H2,1H3,(H,14,17). The largest absolute Gasteiger partial charge is 0.368 e. The molecule has 1 heterocycles. The van der Waals surface area contributed by atoms with Gasteiger partial charge < -0.3 is 15.5 Å². The highest BCUT2D eigenvalue weighted by Crippen LogP contribution is 2.22. The minimum absolute atomic E-state index is 0.252. The molecule has 0 aromatic heterocycles. The normalized spacial score (nSPS) is 15.8. The molecule has 0 saturated carbocycles. The van der Waals surface area contributed by atoms with E-state index in [1.54, 1.807) is 13.1 Å². The molecule has 5 heteroatoms. The van der Waals surface area contributed by atoms with Crippen LogP contribution in [0.4, 0.5) is 10.1 Å². The number of rotatable bonds is 2. The third kappa shape index (κ3) is 2.55. The van der Waals surface area contributed by atoms with Crippen molar-refractivity contribution in [2.45, 2.75) is 0 Å². The number of hydrogen-bond acceptors (Lipinski definition) is 3. The second kappa shape index (κ2) is 5.14. The van der Waals surface area contributed by atoms with Crippen molar-refractivity contribution >= 4 is 11.6 Å². The molecular formula is C12H16FN3O. The van der Waals surface area contributed by atoms with Crippen LogP contribution in [0.2, 0.25) is 0 Å². The van der Waals surface area contributed by atoms with Gasteiger partial charge in [0, 0.05) is 38.9 Å². The van der Waals surface area contributed by atoms with Crippen LogP contribution >= 0.6 is 0 Å². The van der Waals surface area contributed by atoms with E-state index >= 15 is 0 Å². The van der Waals surface area contributed by atoms with Crippen LogP contribution in [0.15, 0.2) is 18.2 Å². The summed E-state index contributed by atoms with van der Waals surface area (Å²) in [6.45, 7) is 3.42. The van der Waals surface area contributed by atoms with Crippen molar-refractivity contribution in [2.24, 2.45) is 0 Å². The molecule has 1 saturated heterocycles. The SMILES string of the molecule is CNC(=O)c1cc(F)ccc1N1CCNCC1. The molecular weight excluding hydrogens is 221 g/mol. The molecule has 4 nitrogen and oxygen atoms in total. The third-order valence-electron chi connectivity index (χ3n) is 2.89. The summed E-state index contributed by atoms with van der Waals surface area (Å²) >= 11 is 0. The van der Waals surface area contributed by atoms with E-state index < -0.39 is 0 Å². The second-order valence-electron chi connectivity index (χ2n) is 3.98. The zero-order valence-corrected chi connectivity index (χ0v) is 9.79. The Morgan fingerprint density at radius 3 is 2.76 bits per heavy atom. The molecule has 0 unspecified atom stereocenters. The van der Waals surface area contributed by atoms with Gasteiger partial charge in [-0.15, -0.1) is 0 Å². The van der Waals surface area contributed by atoms with Crippen LogP contribution in [0.5, 0.6) is 0 Å². The average Bonchev–Trinajstić information content (AvgIpc) is 2.38. The van der Waals surface area contributed by atoms with Crippen LogP contribution in [-0.4, -0.2) is 39.1 Å². The van der Waals surface area contributed by atoms with Crippen LogP contribution in [-0.2, 0) is 0 Å². The Bertz CT molecular complexity index is 416. The molecule has 1 aromatic rings. The summed E-state index contributed by atoms with van der Waals surface area (Å²) in [6, 6.07) is 4.35. The van der Waals surface area contributed by atoms with Crippen LogP contribution < -0.4 is 15.5 Å². The fourth-order valence-electron chi connectivity index (χ4n) is 2.01. The molecule has 0 bridgehead atoms. The molecule has 1 aromatic carbocycles. The molecule has 0 radical (unpaired) electrons. The zero-order valence-electron chi connectivity index (χ0n) is 9.79. The van der Waals surface area contributed by atoms with Crippen molar-refractivity contribution in [3.8, 4) is 0 Å². The Labute approximate surface area is 99.8 Å². The number of benzene rings is 1. The minimum Gasteiger partial charge on any atom is -0.368 e. The zero-order chi connectivity index (χ0) is 12.3. The molecule has 1 aliphatic heterocycles. The molecule has 0 aliphatic carbocycles. The summed E-state index contributed by atoms with van der Waals surface area (Å²) in [5.41, 5.74) is 1.20. The van der Waals surface area contributed by atoms with E-state index in [0.717, 1.165) is 31.9 Å². The molecule has 2 rings (SSSR count). The first-order chi connectivity index (χ1) is 8.22. The summed E-state index contributed by atoms with van der Waals surface area (Å²) in [7, 11) is 1.55. The fraction of sp³-hybridized carbons (Fsp3) is 0.417. The highest BCUT2D eigenvalue weighted by Gasteiger charge is 2.18. The number of amides is 1. The maximum absolute atomic E-state index is 13.2. The van der Waals surface area contributed by atoms with Crippen LogP contribution in [0, 0.1) is 5.82 Å². The molecule has 1 aliphatic rings. The van der Waals surface area contributed by atoms with Crippen molar-refractivity contribution in [1.82, 2.24) is 10.6 Å². The summed E-state index contributed by atoms with van der Waals surface area (Å²) < 4.78 is 13.2. The van der Waals surface area contributed by atoms with Gasteiger partial charge in [-0.2, -0.15) is 0 Å². The highest BCUT2D eigenvalue weighted by molar-refractivity contribution is 5.99. The predicted molar refractivity (Wildman–Crippen MR) is 64.9 cm³/mol. The number of halogens is 1. The lowest BCUT2D eigenvalue weighted by atomic mass is 10.1. The van der Waals surface area contributed by atoms with Gasteiger partial charge in [0.15, 0.2) is 0 Å². The van der Waals surface area contributed by atoms with Gasteiger partial charge in [0.2, 0.25) is 0 Å². The maximum Gasteiger partial charge on any atom is 0.253 e. The molecule has 17 heavy (non-hydrogen) atoms. The summed E-state index contributed by atoms with van der Waals surface area (Å²) in [5.74, 6) is -0.638. The number of carbonyl (C=O) groups excluding carboxylic acids is 1. The van der Waals surface area contributed by atoms with Crippen LogP contribution in [0.1, 0.15) is 10.4 Å². The minimum atomic E-state index is -0.387. The molecule has 2 N–H and O–H groups in total. The van der Waals surface area contributed by atoms with Crippen LogP contribution in [0.25, 0.3) is 0 Å². The first-order valence-corrected chi connectivity index (χ1v) is 5.69. The Morgan fingerprint density at radius 2 is 2.12 bits per heavy atom. The van der Waals surface area contributed by atoms with Gasteiger partial charge in [0.25, 0.3) is 5.91 Å². The van der Waals surface area contributed by atoms with Crippen molar-refractivity contribution in [2.75, 3.05) is 38.1 Å². The van der Waals surface area contributed by atoms with E-state index in [0.29, 0.717) is 5.56 Å². The van der Waals surface area contributed by atoms with E-state index in [-0.39, 0.29) is 11.7 Å². The number of nitrogens with one attached hydrogen (secondary N) is 2. The lowest BCUT2D eigenvalue weighted by molar-refractivity contribution is 0.0963. The van der Waals surface area contributed by atoms with Gasteiger partial charge in [-0.3, -0.25) is 4.79 Å². The van der Waals surface area contributed by atoms with Crippen molar-refractivity contribution in [3.05, 3.63) is 29.6 Å². The van der Waals surface area contributed by atoms with Crippen molar-refractivity contribution in [3.63, 3.8) is 0 Å². The molecule has 1 fully saturated rings. The predicted octanol–water partition coefficient (Wildman–Crippen LogP) is 0.595. The van der Waals surface area contributed by atoms with Gasteiger partial charge in [-0.1, -0.05) is 0 Å². The van der Waals surface area contributed by atoms with E-state index in [1.807, 2.05) is 0 Å². The monoisotopic (exact) mass is 237 g/mol. The molecule has 0 atom stereocenters. The lowest BCUT2D eigenvalue weighted by Gasteiger charge is -2.30. The van der Waals surface area contributed by atoms with E-state index in [4.69, 9.17) is 0 Å². The first-order valence-electron chi connectivity index (χ1n) is 5.69. The number of piperazine rings is 1. The van der Waals surface area contributed by atoms with E-state index in [9.17, 15) is 9.18 Å². The Kier molecular flexibility index (Phi) is 3.58. The Balaban J connectivity index is 2.34. The van der Waals surface area contributed by atoms with Crippen molar-refractivity contribution in [1.29, 1.82) is 0 Å². The average molecular weight is 237 g/mol. The smallest absolute Gasteiger partial charge is 0.253 e. The number of anilines is 1. The van der Waals surface area contributed by atoms with E-state index in [1.165, 1.54) is 12.1 Å². The number of hydrogen-bond donors (Lipinski definition) is 2. The summed E-state index contributed by atoms with van der Waals surface area (Å²) in [6.07, 6.45) is 0.